The van der Waals surface area contributed by atoms with Gasteiger partial charge in [-0.15, -0.1) is 11.3 Å². The van der Waals surface area contributed by atoms with Crippen LogP contribution in [-0.4, -0.2) is 13.7 Å². The Morgan fingerprint density at radius 3 is 2.68 bits per heavy atom. The van der Waals surface area contributed by atoms with Crippen LogP contribution >= 0.6 is 43.2 Å². The van der Waals surface area contributed by atoms with Crippen molar-refractivity contribution in [1.29, 1.82) is 0 Å². The van der Waals surface area contributed by atoms with Gasteiger partial charge < -0.3 is 10.1 Å². The zero-order valence-electron chi connectivity index (χ0n) is 10.7. The van der Waals surface area contributed by atoms with Crippen molar-refractivity contribution in [3.63, 3.8) is 0 Å². The van der Waals surface area contributed by atoms with Gasteiger partial charge in [-0.25, -0.2) is 0 Å². The lowest BCUT2D eigenvalue weighted by molar-refractivity contribution is 0.413. The highest BCUT2D eigenvalue weighted by Gasteiger charge is 2.17. The molecule has 102 valence electrons. The van der Waals surface area contributed by atoms with Crippen LogP contribution in [-0.2, 0) is 0 Å². The minimum atomic E-state index is 0.188. The van der Waals surface area contributed by atoms with Crippen LogP contribution in [0.25, 0.3) is 0 Å². The van der Waals surface area contributed by atoms with Crippen molar-refractivity contribution in [2.45, 2.75) is 13.0 Å². The van der Waals surface area contributed by atoms with Crippen molar-refractivity contribution in [2.24, 2.45) is 0 Å². The summed E-state index contributed by atoms with van der Waals surface area (Å²) >= 11 is 8.84. The zero-order chi connectivity index (χ0) is 13.8. The van der Waals surface area contributed by atoms with Crippen LogP contribution < -0.4 is 10.1 Å². The molecule has 0 fully saturated rings. The second kappa shape index (κ2) is 6.88. The van der Waals surface area contributed by atoms with E-state index in [4.69, 9.17) is 4.74 Å². The molecule has 1 aromatic carbocycles. The molecule has 0 aliphatic rings. The van der Waals surface area contributed by atoms with E-state index in [1.165, 1.54) is 10.4 Å². The van der Waals surface area contributed by atoms with E-state index in [0.29, 0.717) is 0 Å². The van der Waals surface area contributed by atoms with E-state index in [2.05, 4.69) is 62.3 Å². The third kappa shape index (κ3) is 3.60. The Balaban J connectivity index is 2.38. The van der Waals surface area contributed by atoms with Crippen molar-refractivity contribution in [1.82, 2.24) is 5.32 Å². The molecule has 0 amide bonds. The highest BCUT2D eigenvalue weighted by molar-refractivity contribution is 9.13. The second-order valence-corrected chi connectivity index (χ2v) is 7.29. The molecule has 19 heavy (non-hydrogen) atoms. The van der Waals surface area contributed by atoms with E-state index in [1.807, 2.05) is 12.1 Å². The summed E-state index contributed by atoms with van der Waals surface area (Å²) in [6.45, 7) is 3.03. The maximum Gasteiger partial charge on any atom is 0.119 e. The number of hydrogen-bond acceptors (Lipinski definition) is 3. The van der Waals surface area contributed by atoms with E-state index < -0.39 is 0 Å². The predicted octanol–water partition coefficient (Wildman–Crippen LogP) is 4.98. The number of benzene rings is 1. The lowest BCUT2D eigenvalue weighted by Crippen LogP contribution is -2.21. The zero-order valence-corrected chi connectivity index (χ0v) is 14.7. The number of halogens is 2. The summed E-state index contributed by atoms with van der Waals surface area (Å²) in [4.78, 5) is 1.27. The van der Waals surface area contributed by atoms with E-state index in [0.717, 1.165) is 20.6 Å². The van der Waals surface area contributed by atoms with Gasteiger partial charge in [0.2, 0.25) is 0 Å². The molecule has 1 aromatic heterocycles. The van der Waals surface area contributed by atoms with E-state index in [9.17, 15) is 0 Å². The largest absolute Gasteiger partial charge is 0.497 e. The van der Waals surface area contributed by atoms with Gasteiger partial charge >= 0.3 is 0 Å². The number of methoxy groups -OCH3 is 1. The average molecular weight is 405 g/mol. The smallest absolute Gasteiger partial charge is 0.119 e. The van der Waals surface area contributed by atoms with Crippen molar-refractivity contribution < 1.29 is 4.74 Å². The van der Waals surface area contributed by atoms with E-state index >= 15 is 0 Å². The van der Waals surface area contributed by atoms with Gasteiger partial charge in [0.25, 0.3) is 0 Å². The Kier molecular flexibility index (Phi) is 5.45. The molecule has 0 bridgehead atoms. The summed E-state index contributed by atoms with van der Waals surface area (Å²) in [5.41, 5.74) is 1.21. The van der Waals surface area contributed by atoms with Crippen molar-refractivity contribution in [2.75, 3.05) is 13.7 Å². The van der Waals surface area contributed by atoms with Gasteiger partial charge in [-0.05, 0) is 62.2 Å². The summed E-state index contributed by atoms with van der Waals surface area (Å²) in [5, 5.41) is 3.52. The highest BCUT2D eigenvalue weighted by Crippen LogP contribution is 2.38. The number of hydrogen-bond donors (Lipinski definition) is 1. The lowest BCUT2D eigenvalue weighted by Gasteiger charge is -2.17. The minimum Gasteiger partial charge on any atom is -0.497 e. The maximum absolute atomic E-state index is 5.31. The van der Waals surface area contributed by atoms with Gasteiger partial charge in [0.15, 0.2) is 0 Å². The summed E-state index contributed by atoms with van der Waals surface area (Å²) in [5.74, 6) is 0.884. The Bertz CT molecular complexity index is 537. The second-order valence-electron chi connectivity index (χ2n) is 4.04. The topological polar surface area (TPSA) is 21.3 Å². The number of nitrogens with one attached hydrogen (secondary N) is 1. The van der Waals surface area contributed by atoms with E-state index in [1.54, 1.807) is 18.4 Å². The fourth-order valence-corrected chi connectivity index (χ4v) is 4.11. The van der Waals surface area contributed by atoms with Crippen LogP contribution in [0.2, 0.25) is 0 Å². The Hall–Kier alpha value is -0.360. The van der Waals surface area contributed by atoms with Crippen LogP contribution in [0, 0.1) is 0 Å². The number of ether oxygens (including phenoxy) is 1. The fourth-order valence-electron chi connectivity index (χ4n) is 1.91. The summed E-state index contributed by atoms with van der Waals surface area (Å²) < 4.78 is 7.52. The van der Waals surface area contributed by atoms with Gasteiger partial charge in [-0.3, -0.25) is 0 Å². The van der Waals surface area contributed by atoms with Crippen LogP contribution in [0.15, 0.2) is 38.6 Å². The van der Waals surface area contributed by atoms with Crippen LogP contribution in [0.5, 0.6) is 5.75 Å². The Morgan fingerprint density at radius 1 is 1.32 bits per heavy atom. The lowest BCUT2D eigenvalue weighted by atomic mass is 10.1. The molecular weight excluding hydrogens is 390 g/mol. The van der Waals surface area contributed by atoms with Gasteiger partial charge in [-0.1, -0.05) is 19.1 Å². The van der Waals surface area contributed by atoms with E-state index in [-0.39, 0.29) is 6.04 Å². The van der Waals surface area contributed by atoms with Gasteiger partial charge in [0.1, 0.15) is 5.75 Å². The maximum atomic E-state index is 5.31. The summed E-state index contributed by atoms with van der Waals surface area (Å²) in [7, 11) is 1.69. The Morgan fingerprint density at radius 2 is 2.11 bits per heavy atom. The molecule has 0 aliphatic heterocycles. The van der Waals surface area contributed by atoms with Crippen molar-refractivity contribution >= 4 is 43.2 Å². The molecule has 2 rings (SSSR count). The molecule has 0 saturated heterocycles. The molecular formula is C14H15Br2NOS. The first-order chi connectivity index (χ1) is 9.15. The van der Waals surface area contributed by atoms with Gasteiger partial charge in [0.05, 0.1) is 16.9 Å². The standard InChI is InChI=1S/C14H15Br2NOS/c1-3-17-13(12-8-11(15)14(16)19-12)9-5-4-6-10(7-9)18-2/h4-8,13,17H,3H2,1-2H3. The first kappa shape index (κ1) is 15.0. The summed E-state index contributed by atoms with van der Waals surface area (Å²) in [6, 6.07) is 10.5. The third-order valence-electron chi connectivity index (χ3n) is 2.78. The molecule has 1 heterocycles. The monoisotopic (exact) mass is 403 g/mol. The minimum absolute atomic E-state index is 0.188. The van der Waals surface area contributed by atoms with Gasteiger partial charge in [0, 0.05) is 9.35 Å². The normalized spacial score (nSPS) is 12.4. The molecule has 0 aliphatic carbocycles. The summed E-state index contributed by atoms with van der Waals surface area (Å²) in [6.07, 6.45) is 0. The van der Waals surface area contributed by atoms with Crippen LogP contribution in [0.4, 0.5) is 0 Å². The molecule has 2 aromatic rings. The first-order valence-electron chi connectivity index (χ1n) is 5.97. The molecule has 0 saturated carbocycles. The first-order valence-corrected chi connectivity index (χ1v) is 8.38. The SMILES string of the molecule is CCNC(c1cccc(OC)c1)c1cc(Br)c(Br)s1. The van der Waals surface area contributed by atoms with Crippen molar-refractivity contribution in [3.8, 4) is 5.75 Å². The molecule has 1 unspecified atom stereocenters. The molecule has 2 nitrogen and oxygen atoms in total. The van der Waals surface area contributed by atoms with Crippen LogP contribution in [0.3, 0.4) is 0 Å². The van der Waals surface area contributed by atoms with Crippen molar-refractivity contribution in [3.05, 3.63) is 49.0 Å². The average Bonchev–Trinajstić information content (AvgIpc) is 2.75. The number of thiophene rings is 1. The number of rotatable bonds is 5. The predicted molar refractivity (Wildman–Crippen MR) is 88.2 cm³/mol. The molecule has 1 atom stereocenters. The molecule has 1 N–H and O–H groups in total. The Labute approximate surface area is 134 Å². The molecule has 5 heteroatoms. The fraction of sp³-hybridized carbons (Fsp3) is 0.286. The quantitative estimate of drug-likeness (QED) is 0.758. The third-order valence-corrected chi connectivity index (χ3v) is 6.11. The van der Waals surface area contributed by atoms with Gasteiger partial charge in [-0.2, -0.15) is 0 Å². The molecule has 0 spiro atoms. The highest BCUT2D eigenvalue weighted by atomic mass is 79.9. The van der Waals surface area contributed by atoms with Crippen LogP contribution in [0.1, 0.15) is 23.4 Å². The molecule has 0 radical (unpaired) electrons.